The molecule has 1 N–H and O–H groups in total. The van der Waals surface area contributed by atoms with Crippen LogP contribution in [0.1, 0.15) is 78.6 Å². The molecule has 4 fully saturated rings. The summed E-state index contributed by atoms with van der Waals surface area (Å²) in [4.78, 5) is 11.4. The molecule has 0 aromatic heterocycles. The molecular formula is C23H34O3. The maximum absolute atomic E-state index is 11.4. The Morgan fingerprint density at radius 3 is 2.50 bits per heavy atom. The topological polar surface area (TPSA) is 46.5 Å². The molecule has 0 aromatic rings. The zero-order valence-corrected chi connectivity index (χ0v) is 16.6. The van der Waals surface area contributed by atoms with Crippen LogP contribution < -0.4 is 0 Å². The average molecular weight is 359 g/mol. The Bertz CT molecular complexity index is 636. The molecule has 0 aliphatic heterocycles. The van der Waals surface area contributed by atoms with Gasteiger partial charge in [0, 0.05) is 12.3 Å². The third kappa shape index (κ3) is 2.40. The zero-order chi connectivity index (χ0) is 18.7. The van der Waals surface area contributed by atoms with Crippen molar-refractivity contribution >= 4 is 5.97 Å². The molecule has 144 valence electrons. The van der Waals surface area contributed by atoms with Crippen molar-refractivity contribution in [2.75, 3.05) is 0 Å². The van der Waals surface area contributed by atoms with E-state index in [0.29, 0.717) is 23.2 Å². The highest BCUT2D eigenvalue weighted by Crippen LogP contribution is 2.68. The van der Waals surface area contributed by atoms with Crippen LogP contribution in [0.4, 0.5) is 0 Å². The molecule has 0 bridgehead atoms. The number of fused-ring (bicyclic) bond motifs is 5. The maximum Gasteiger partial charge on any atom is 0.302 e. The lowest BCUT2D eigenvalue weighted by Crippen LogP contribution is -2.56. The summed E-state index contributed by atoms with van der Waals surface area (Å²) in [6.45, 7) is 6.29. The Kier molecular flexibility index (Phi) is 4.23. The van der Waals surface area contributed by atoms with Gasteiger partial charge in [-0.15, -0.1) is 6.42 Å². The molecule has 0 spiro atoms. The highest BCUT2D eigenvalue weighted by atomic mass is 16.5. The van der Waals surface area contributed by atoms with Gasteiger partial charge in [0.15, 0.2) is 0 Å². The lowest BCUT2D eigenvalue weighted by molar-refractivity contribution is -0.163. The molecule has 0 unspecified atom stereocenters. The Hall–Kier alpha value is -1.01. The SMILES string of the molecule is C#C[C@]1(O)CC[C@@H]2[C@H]3CC[C@H]4C[C@H](OC(C)=O)CC[C@]4(C)[C@@H]3CC[C@]21C. The van der Waals surface area contributed by atoms with Gasteiger partial charge < -0.3 is 9.84 Å². The van der Waals surface area contributed by atoms with Crippen LogP contribution in [0.25, 0.3) is 0 Å². The maximum atomic E-state index is 11.4. The predicted molar refractivity (Wildman–Crippen MR) is 101 cm³/mol. The molecule has 3 heteroatoms. The fourth-order valence-electron chi connectivity index (χ4n) is 7.81. The van der Waals surface area contributed by atoms with Crippen molar-refractivity contribution < 1.29 is 14.6 Å². The summed E-state index contributed by atoms with van der Waals surface area (Å²) in [5, 5.41) is 11.1. The molecular weight excluding hydrogens is 324 g/mol. The minimum absolute atomic E-state index is 0.110. The smallest absolute Gasteiger partial charge is 0.302 e. The van der Waals surface area contributed by atoms with E-state index < -0.39 is 5.60 Å². The summed E-state index contributed by atoms with van der Waals surface area (Å²) in [5.41, 5.74) is -0.661. The normalized spacial score (nSPS) is 53.0. The molecule has 8 atom stereocenters. The number of rotatable bonds is 1. The fourth-order valence-corrected chi connectivity index (χ4v) is 7.81. The van der Waals surface area contributed by atoms with Gasteiger partial charge in [-0.2, -0.15) is 0 Å². The molecule has 4 saturated carbocycles. The Labute approximate surface area is 158 Å². The largest absolute Gasteiger partial charge is 0.463 e. The van der Waals surface area contributed by atoms with E-state index in [1.54, 1.807) is 0 Å². The first-order chi connectivity index (χ1) is 12.2. The minimum Gasteiger partial charge on any atom is -0.463 e. The highest BCUT2D eigenvalue weighted by molar-refractivity contribution is 5.66. The van der Waals surface area contributed by atoms with E-state index in [9.17, 15) is 9.90 Å². The summed E-state index contributed by atoms with van der Waals surface area (Å²) in [7, 11) is 0. The summed E-state index contributed by atoms with van der Waals surface area (Å²) < 4.78 is 5.55. The summed E-state index contributed by atoms with van der Waals surface area (Å²) >= 11 is 0. The number of esters is 1. The molecule has 4 aliphatic rings. The Morgan fingerprint density at radius 1 is 1.08 bits per heavy atom. The molecule has 0 amide bonds. The van der Waals surface area contributed by atoms with Gasteiger partial charge in [-0.1, -0.05) is 19.8 Å². The van der Waals surface area contributed by atoms with Crippen LogP contribution in [-0.2, 0) is 9.53 Å². The van der Waals surface area contributed by atoms with Gasteiger partial charge in [-0.25, -0.2) is 0 Å². The third-order valence-electron chi connectivity index (χ3n) is 9.34. The van der Waals surface area contributed by atoms with Crippen LogP contribution in [0.3, 0.4) is 0 Å². The van der Waals surface area contributed by atoms with Gasteiger partial charge in [-0.05, 0) is 86.9 Å². The number of hydrogen-bond donors (Lipinski definition) is 1. The number of aliphatic hydroxyl groups is 1. The Balaban J connectivity index is 1.56. The van der Waals surface area contributed by atoms with Gasteiger partial charge in [0.25, 0.3) is 0 Å². The van der Waals surface area contributed by atoms with Crippen molar-refractivity contribution in [3.8, 4) is 12.3 Å². The highest BCUT2D eigenvalue weighted by Gasteiger charge is 2.64. The molecule has 4 rings (SSSR count). The van der Waals surface area contributed by atoms with E-state index in [1.807, 2.05) is 0 Å². The second kappa shape index (κ2) is 5.99. The van der Waals surface area contributed by atoms with Gasteiger partial charge in [0.2, 0.25) is 0 Å². The summed E-state index contributed by atoms with van der Waals surface area (Å²) in [6.07, 6.45) is 15.7. The molecule has 0 heterocycles. The van der Waals surface area contributed by atoms with E-state index in [2.05, 4.69) is 19.8 Å². The van der Waals surface area contributed by atoms with Crippen molar-refractivity contribution in [1.29, 1.82) is 0 Å². The van der Waals surface area contributed by atoms with Crippen LogP contribution in [0.5, 0.6) is 0 Å². The monoisotopic (exact) mass is 358 g/mol. The van der Waals surface area contributed by atoms with Gasteiger partial charge in [0.1, 0.15) is 11.7 Å². The van der Waals surface area contributed by atoms with Crippen LogP contribution in [-0.4, -0.2) is 22.8 Å². The molecule has 0 aromatic carbocycles. The van der Waals surface area contributed by atoms with Crippen molar-refractivity contribution in [3.63, 3.8) is 0 Å². The van der Waals surface area contributed by atoms with Crippen molar-refractivity contribution in [1.82, 2.24) is 0 Å². The van der Waals surface area contributed by atoms with Crippen LogP contribution >= 0.6 is 0 Å². The number of ether oxygens (including phenoxy) is 1. The van der Waals surface area contributed by atoms with Crippen molar-refractivity contribution in [2.45, 2.75) is 90.3 Å². The summed E-state index contributed by atoms with van der Waals surface area (Å²) in [5.74, 6) is 5.29. The van der Waals surface area contributed by atoms with Gasteiger partial charge in [0.05, 0.1) is 0 Å². The molecule has 0 radical (unpaired) electrons. The van der Waals surface area contributed by atoms with Crippen LogP contribution in [0.2, 0.25) is 0 Å². The first-order valence-corrected chi connectivity index (χ1v) is 10.6. The fraction of sp³-hybridized carbons (Fsp3) is 0.870. The van der Waals surface area contributed by atoms with Gasteiger partial charge in [-0.3, -0.25) is 4.79 Å². The van der Waals surface area contributed by atoms with Crippen molar-refractivity contribution in [3.05, 3.63) is 0 Å². The van der Waals surface area contributed by atoms with E-state index in [1.165, 1.54) is 32.6 Å². The number of carbonyl (C=O) groups excluding carboxylic acids is 1. The van der Waals surface area contributed by atoms with E-state index >= 15 is 0 Å². The molecule has 3 nitrogen and oxygen atoms in total. The van der Waals surface area contributed by atoms with E-state index in [-0.39, 0.29) is 17.5 Å². The average Bonchev–Trinajstić information content (AvgIpc) is 2.87. The van der Waals surface area contributed by atoms with Crippen LogP contribution in [0.15, 0.2) is 0 Å². The first kappa shape index (κ1) is 18.4. The zero-order valence-electron chi connectivity index (χ0n) is 16.6. The predicted octanol–water partition coefficient (Wildman–Crippen LogP) is 4.33. The second-order valence-electron chi connectivity index (χ2n) is 10.2. The quantitative estimate of drug-likeness (QED) is 0.561. The number of carbonyl (C=O) groups is 1. The number of hydrogen-bond acceptors (Lipinski definition) is 3. The van der Waals surface area contributed by atoms with E-state index in [0.717, 1.165) is 38.0 Å². The third-order valence-corrected chi connectivity index (χ3v) is 9.34. The van der Waals surface area contributed by atoms with Crippen molar-refractivity contribution in [2.24, 2.45) is 34.5 Å². The molecule has 26 heavy (non-hydrogen) atoms. The van der Waals surface area contributed by atoms with Gasteiger partial charge >= 0.3 is 5.97 Å². The lowest BCUT2D eigenvalue weighted by Gasteiger charge is -2.61. The molecule has 4 aliphatic carbocycles. The van der Waals surface area contributed by atoms with E-state index in [4.69, 9.17) is 11.2 Å². The first-order valence-electron chi connectivity index (χ1n) is 10.6. The Morgan fingerprint density at radius 2 is 1.81 bits per heavy atom. The lowest BCUT2D eigenvalue weighted by atomic mass is 9.44. The standard InChI is InChI=1S/C23H34O3/c1-5-23(25)13-10-20-18-7-6-16-14-17(26-15(2)24)8-11-21(16,3)19(18)9-12-22(20,23)4/h1,16-20,25H,6-14H2,2-4H3/t16-,17+,18-,19+,20+,21-,22+,23-/m0/s1. The molecule has 0 saturated heterocycles. The second-order valence-corrected chi connectivity index (χ2v) is 10.2. The van der Waals surface area contributed by atoms with Crippen LogP contribution in [0, 0.1) is 46.8 Å². The summed E-state index contributed by atoms with van der Waals surface area (Å²) in [6, 6.07) is 0. The number of terminal acetylenes is 1. The minimum atomic E-state index is -0.909.